The number of imidazole rings is 1. The van der Waals surface area contributed by atoms with Crippen molar-refractivity contribution in [2.45, 2.75) is 0 Å². The van der Waals surface area contributed by atoms with Crippen LogP contribution < -0.4 is 0 Å². The number of rotatable bonds is 2. The third kappa shape index (κ3) is 5.70. The third-order valence-electron chi connectivity index (χ3n) is 3.16. The van der Waals surface area contributed by atoms with Crippen LogP contribution in [0.15, 0.2) is 73.3 Å². The summed E-state index contributed by atoms with van der Waals surface area (Å²) in [6.45, 7) is 0. The van der Waals surface area contributed by atoms with Gasteiger partial charge in [0.2, 0.25) is 0 Å². The fourth-order valence-electron chi connectivity index (χ4n) is 2.06. The molecule has 0 aliphatic rings. The third-order valence-corrected chi connectivity index (χ3v) is 3.61. The molecule has 26 heavy (non-hydrogen) atoms. The summed E-state index contributed by atoms with van der Waals surface area (Å²) in [6.07, 6.45) is 6.97. The summed E-state index contributed by atoms with van der Waals surface area (Å²) in [5.74, 6) is 0. The zero-order valence-corrected chi connectivity index (χ0v) is 17.2. The molecule has 0 bridgehead atoms. The van der Waals surface area contributed by atoms with Crippen molar-refractivity contribution in [3.8, 4) is 22.8 Å². The number of nitrogens with one attached hydrogen (secondary N) is 2. The van der Waals surface area contributed by atoms with E-state index in [-0.39, 0.29) is 21.1 Å². The van der Waals surface area contributed by atoms with Gasteiger partial charge in [-0.25, -0.2) is 4.98 Å². The van der Waals surface area contributed by atoms with E-state index in [4.69, 9.17) is 11.6 Å². The fourth-order valence-corrected chi connectivity index (χ4v) is 2.41. The van der Waals surface area contributed by atoms with Gasteiger partial charge in [0.25, 0.3) is 0 Å². The summed E-state index contributed by atoms with van der Waals surface area (Å²) < 4.78 is 0.676. The largest absolute Gasteiger partial charge is 4.00 e. The van der Waals surface area contributed by atoms with Crippen molar-refractivity contribution in [2.24, 2.45) is 0 Å². The van der Waals surface area contributed by atoms with E-state index in [0.29, 0.717) is 9.79 Å². The van der Waals surface area contributed by atoms with Crippen LogP contribution in [0.2, 0.25) is 5.02 Å². The van der Waals surface area contributed by atoms with Gasteiger partial charge >= 0.3 is 21.1 Å². The minimum Gasteiger partial charge on any atom is -0.338 e. The van der Waals surface area contributed by atoms with E-state index >= 15 is 0 Å². The van der Waals surface area contributed by atoms with Crippen LogP contribution in [-0.2, 0) is 21.1 Å². The second-order valence-electron chi connectivity index (χ2n) is 4.94. The molecule has 4 rings (SSSR count). The zero-order valence-electron chi connectivity index (χ0n) is 13.4. The Kier molecular flexibility index (Phi) is 7.85. The van der Waals surface area contributed by atoms with Gasteiger partial charge in [0.1, 0.15) is 0 Å². The van der Waals surface area contributed by atoms with E-state index in [1.54, 1.807) is 36.9 Å². The molecule has 0 radical (unpaired) electrons. The predicted molar refractivity (Wildman–Crippen MR) is 102 cm³/mol. The monoisotopic (exact) mass is 562 g/mol. The topological polar surface area (TPSA) is 70.2 Å². The smallest absolute Gasteiger partial charge is 0.338 e. The minimum absolute atomic E-state index is 0. The summed E-state index contributed by atoms with van der Waals surface area (Å²) >= 11 is 10.8. The fraction of sp³-hybridized carbons (Fsp3) is 0. The molecule has 0 unspecified atom stereocenters. The summed E-state index contributed by atoms with van der Waals surface area (Å²) in [4.78, 5) is 18.6. The Morgan fingerprint density at radius 1 is 0.769 bits per heavy atom. The van der Waals surface area contributed by atoms with Crippen LogP contribution in [0.4, 0.5) is 0 Å². The summed E-state index contributed by atoms with van der Waals surface area (Å²) in [7, 11) is 0. The zero-order chi connectivity index (χ0) is 17.5. The van der Waals surface area contributed by atoms with E-state index in [2.05, 4.69) is 37.1 Å². The molecule has 5 nitrogen and oxygen atoms in total. The number of H-pyrrole nitrogens is 2. The first-order valence-electron chi connectivity index (χ1n) is 7.45. The van der Waals surface area contributed by atoms with Crippen molar-refractivity contribution >= 4 is 23.8 Å². The Morgan fingerprint density at radius 2 is 1.27 bits per heavy atom. The number of pyridine rings is 3. The first-order chi connectivity index (χ1) is 12.2. The van der Waals surface area contributed by atoms with Crippen LogP contribution in [0.5, 0.6) is 0 Å². The maximum absolute atomic E-state index is 6.15. The molecular weight excluding hydrogens is 549 g/mol. The van der Waals surface area contributed by atoms with Gasteiger partial charge in [0.15, 0.2) is 4.77 Å². The van der Waals surface area contributed by atoms with Crippen LogP contribution in [0.3, 0.4) is 0 Å². The Hall–Kier alpha value is -2.14. The molecule has 0 aliphatic heterocycles. The predicted octanol–water partition coefficient (Wildman–Crippen LogP) is 4.93. The van der Waals surface area contributed by atoms with Gasteiger partial charge in [-0.05, 0) is 48.6 Å². The molecule has 0 aromatic carbocycles. The Morgan fingerprint density at radius 3 is 1.62 bits per heavy atom. The minimum atomic E-state index is 0. The first kappa shape index (κ1) is 20.2. The second-order valence-corrected chi connectivity index (χ2v) is 5.78. The summed E-state index contributed by atoms with van der Waals surface area (Å²) in [5, 5.41) is 0.622. The molecular formula is C18H14ClN5PtS+4. The maximum atomic E-state index is 6.15. The molecule has 0 saturated heterocycles. The van der Waals surface area contributed by atoms with Gasteiger partial charge in [0.05, 0.1) is 22.8 Å². The molecule has 0 amide bonds. The molecule has 0 atom stereocenters. The van der Waals surface area contributed by atoms with E-state index in [0.717, 1.165) is 22.8 Å². The molecule has 0 fully saturated rings. The van der Waals surface area contributed by atoms with Gasteiger partial charge in [0, 0.05) is 29.8 Å². The number of aromatic nitrogens is 5. The molecule has 0 aliphatic carbocycles. The van der Waals surface area contributed by atoms with E-state index < -0.39 is 0 Å². The molecule has 8 heteroatoms. The van der Waals surface area contributed by atoms with Gasteiger partial charge in [-0.1, -0.05) is 23.7 Å². The standard InChI is InChI=1S/C15H10ClN3.C3H4N2S.Pt/c16-11-9-14(12-5-1-3-7-17-12)19-15(10-11)13-6-2-4-8-18-13;6-3-4-1-2-5-3;/h1-10H;1-2H,(H2,4,5,6);/q;;+4. The van der Waals surface area contributed by atoms with Crippen molar-refractivity contribution < 1.29 is 21.1 Å². The number of aromatic amines is 2. The molecule has 2 N–H and O–H groups in total. The van der Waals surface area contributed by atoms with Crippen molar-refractivity contribution in [3.63, 3.8) is 0 Å². The van der Waals surface area contributed by atoms with Gasteiger partial charge in [-0.15, -0.1) is 0 Å². The molecule has 0 spiro atoms. The van der Waals surface area contributed by atoms with Crippen molar-refractivity contribution in [1.29, 1.82) is 0 Å². The average molecular weight is 563 g/mol. The van der Waals surface area contributed by atoms with Crippen molar-refractivity contribution in [2.75, 3.05) is 0 Å². The van der Waals surface area contributed by atoms with E-state index in [1.165, 1.54) is 0 Å². The maximum Gasteiger partial charge on any atom is 4.00 e. The van der Waals surface area contributed by atoms with Crippen LogP contribution in [0.25, 0.3) is 22.8 Å². The normalized spacial score (nSPS) is 9.58. The number of nitrogens with zero attached hydrogens (tertiary/aromatic N) is 3. The molecule has 4 heterocycles. The summed E-state index contributed by atoms with van der Waals surface area (Å²) in [5.41, 5.74) is 3.08. The Bertz CT molecular complexity index is 915. The van der Waals surface area contributed by atoms with Gasteiger partial charge < -0.3 is 9.97 Å². The van der Waals surface area contributed by atoms with Crippen LogP contribution in [-0.4, -0.2) is 24.9 Å². The number of hydrogen-bond acceptors (Lipinski definition) is 4. The molecule has 130 valence electrons. The average Bonchev–Trinajstić information content (AvgIpc) is 3.14. The SMILES string of the molecule is Clc1cc(-c2ccccn2)nc(-c2ccccn2)c1.S=c1[nH]cc[nH]1.[Pt+4]. The van der Waals surface area contributed by atoms with Gasteiger partial charge in [-0.3, -0.25) is 9.97 Å². The van der Waals surface area contributed by atoms with E-state index in [9.17, 15) is 0 Å². The molecule has 4 aromatic rings. The first-order valence-corrected chi connectivity index (χ1v) is 8.23. The summed E-state index contributed by atoms with van der Waals surface area (Å²) in [6, 6.07) is 15.0. The van der Waals surface area contributed by atoms with E-state index in [1.807, 2.05) is 36.4 Å². The van der Waals surface area contributed by atoms with Crippen LogP contribution >= 0.6 is 23.8 Å². The molecule has 0 saturated carbocycles. The van der Waals surface area contributed by atoms with Crippen LogP contribution in [0.1, 0.15) is 0 Å². The second kappa shape index (κ2) is 10.1. The molecule has 4 aromatic heterocycles. The number of halogens is 1. The van der Waals surface area contributed by atoms with Crippen LogP contribution in [0, 0.1) is 4.77 Å². The van der Waals surface area contributed by atoms with Gasteiger partial charge in [-0.2, -0.15) is 0 Å². The van der Waals surface area contributed by atoms with Crippen molar-refractivity contribution in [1.82, 2.24) is 24.9 Å². The Labute approximate surface area is 175 Å². The van der Waals surface area contributed by atoms with Crippen molar-refractivity contribution in [3.05, 3.63) is 83.1 Å². The quantitative estimate of drug-likeness (QED) is 0.340. The Balaban J connectivity index is 0.000000297. The number of hydrogen-bond donors (Lipinski definition) is 2.